The molecule has 0 radical (unpaired) electrons. The van der Waals surface area contributed by atoms with Crippen LogP contribution in [0.3, 0.4) is 0 Å². The van der Waals surface area contributed by atoms with Gasteiger partial charge in [-0.1, -0.05) is 12.2 Å². The molecule has 0 aliphatic heterocycles. The predicted molar refractivity (Wildman–Crippen MR) is 69.5 cm³/mol. The van der Waals surface area contributed by atoms with Gasteiger partial charge < -0.3 is 5.32 Å². The largest absolute Gasteiger partial charge is 0.385 e. The van der Waals surface area contributed by atoms with Crippen molar-refractivity contribution in [2.45, 2.75) is 39.2 Å². The smallest absolute Gasteiger partial charge is 0.0687 e. The zero-order valence-corrected chi connectivity index (χ0v) is 10.5. The summed E-state index contributed by atoms with van der Waals surface area (Å²) < 4.78 is 0. The summed E-state index contributed by atoms with van der Waals surface area (Å²) in [5.74, 6) is 0.870. The van der Waals surface area contributed by atoms with E-state index < -0.39 is 0 Å². The van der Waals surface area contributed by atoms with Crippen LogP contribution in [0.25, 0.3) is 11.8 Å². The molecule has 90 valence electrons. The number of H-pyrrole nitrogens is 1. The van der Waals surface area contributed by atoms with Crippen molar-refractivity contribution in [2.24, 2.45) is 5.92 Å². The van der Waals surface area contributed by atoms with Crippen LogP contribution >= 0.6 is 0 Å². The number of rotatable bonds is 3. The standard InChI is InChI=1S/C14H19N3/c1-9(11-7-8-11)15-12-5-3-4-6-13-14(12)10(2)16-17-13/h3-4,6,9,11,15,17H,5,7-8H2,1-2H3/t9-/m0/s1. The SMILES string of the molecule is Cc1n[nH]c2c1=C(N[C@@H](C)C1CC1)CC=CC=2. The molecule has 2 aliphatic carbocycles. The highest BCUT2D eigenvalue weighted by Crippen LogP contribution is 2.32. The van der Waals surface area contributed by atoms with Crippen LogP contribution in [0, 0.1) is 12.8 Å². The quantitative estimate of drug-likeness (QED) is 0.810. The fraction of sp³-hybridized carbons (Fsp3) is 0.500. The van der Waals surface area contributed by atoms with E-state index >= 15 is 0 Å². The van der Waals surface area contributed by atoms with Crippen LogP contribution in [-0.4, -0.2) is 16.2 Å². The van der Waals surface area contributed by atoms with Crippen molar-refractivity contribution >= 4 is 11.8 Å². The lowest BCUT2D eigenvalue weighted by molar-refractivity contribution is 0.570. The molecule has 0 amide bonds. The molecule has 3 nitrogen and oxygen atoms in total. The predicted octanol–water partition coefficient (Wildman–Crippen LogP) is 0.955. The van der Waals surface area contributed by atoms with E-state index in [0.29, 0.717) is 6.04 Å². The maximum Gasteiger partial charge on any atom is 0.0687 e. The molecule has 1 atom stereocenters. The number of fused-ring (bicyclic) bond motifs is 1. The molecule has 1 aromatic heterocycles. The number of aromatic nitrogens is 2. The Labute approximate surface area is 101 Å². The first-order valence-corrected chi connectivity index (χ1v) is 6.43. The van der Waals surface area contributed by atoms with Crippen LogP contribution in [0.2, 0.25) is 0 Å². The number of hydrogen-bond acceptors (Lipinski definition) is 2. The molecule has 17 heavy (non-hydrogen) atoms. The Hall–Kier alpha value is -1.51. The Kier molecular flexibility index (Phi) is 2.54. The Balaban J connectivity index is 2.03. The van der Waals surface area contributed by atoms with Gasteiger partial charge in [0.25, 0.3) is 0 Å². The van der Waals surface area contributed by atoms with Crippen LogP contribution in [0.15, 0.2) is 12.2 Å². The highest BCUT2D eigenvalue weighted by molar-refractivity contribution is 5.52. The molecule has 2 N–H and O–H groups in total. The highest BCUT2D eigenvalue weighted by atomic mass is 15.1. The van der Waals surface area contributed by atoms with E-state index in [2.05, 4.69) is 47.6 Å². The normalized spacial score (nSPS) is 20.5. The van der Waals surface area contributed by atoms with Crippen molar-refractivity contribution in [2.75, 3.05) is 0 Å². The van der Waals surface area contributed by atoms with Crippen molar-refractivity contribution < 1.29 is 0 Å². The lowest BCUT2D eigenvalue weighted by Crippen LogP contribution is -2.35. The van der Waals surface area contributed by atoms with Gasteiger partial charge in [-0.25, -0.2) is 0 Å². The molecule has 1 fully saturated rings. The van der Waals surface area contributed by atoms with E-state index in [1.165, 1.54) is 23.8 Å². The van der Waals surface area contributed by atoms with Crippen LogP contribution in [0.1, 0.15) is 31.9 Å². The number of allylic oxidation sites excluding steroid dienone is 1. The summed E-state index contributed by atoms with van der Waals surface area (Å²) in [4.78, 5) is 0. The number of aromatic amines is 1. The van der Waals surface area contributed by atoms with Gasteiger partial charge in [-0.05, 0) is 38.7 Å². The summed E-state index contributed by atoms with van der Waals surface area (Å²) in [5.41, 5.74) is 2.40. The zero-order valence-electron chi connectivity index (χ0n) is 10.5. The first-order chi connectivity index (χ1) is 8.25. The Morgan fingerprint density at radius 1 is 1.47 bits per heavy atom. The topological polar surface area (TPSA) is 40.7 Å². The van der Waals surface area contributed by atoms with E-state index in [1.807, 2.05) is 0 Å². The number of nitrogens with zero attached hydrogens (tertiary/aromatic N) is 1. The summed E-state index contributed by atoms with van der Waals surface area (Å²) in [6.07, 6.45) is 10.1. The molecule has 0 unspecified atom stereocenters. The molecular weight excluding hydrogens is 210 g/mol. The number of nitrogens with one attached hydrogen (secondary N) is 2. The van der Waals surface area contributed by atoms with E-state index in [0.717, 1.165) is 23.4 Å². The molecule has 0 spiro atoms. The molecule has 1 aromatic rings. The summed E-state index contributed by atoms with van der Waals surface area (Å²) in [7, 11) is 0. The highest BCUT2D eigenvalue weighted by Gasteiger charge is 2.28. The fourth-order valence-electron chi connectivity index (χ4n) is 2.52. The molecule has 2 aliphatic rings. The van der Waals surface area contributed by atoms with Gasteiger partial charge in [0, 0.05) is 23.4 Å². The molecule has 1 saturated carbocycles. The van der Waals surface area contributed by atoms with Crippen LogP contribution in [0.5, 0.6) is 0 Å². The van der Waals surface area contributed by atoms with Gasteiger partial charge in [0.1, 0.15) is 0 Å². The summed E-state index contributed by atoms with van der Waals surface area (Å²) >= 11 is 0. The monoisotopic (exact) mass is 229 g/mol. The maximum atomic E-state index is 4.31. The van der Waals surface area contributed by atoms with Gasteiger partial charge in [0.15, 0.2) is 0 Å². The first-order valence-electron chi connectivity index (χ1n) is 6.43. The third-order valence-electron chi connectivity index (χ3n) is 3.73. The zero-order chi connectivity index (χ0) is 11.8. The van der Waals surface area contributed by atoms with Crippen LogP contribution in [-0.2, 0) is 0 Å². The van der Waals surface area contributed by atoms with Gasteiger partial charge in [0.2, 0.25) is 0 Å². The third-order valence-corrected chi connectivity index (χ3v) is 3.73. The lowest BCUT2D eigenvalue weighted by atomic mass is 10.1. The van der Waals surface area contributed by atoms with Crippen molar-refractivity contribution in [1.29, 1.82) is 0 Å². The maximum absolute atomic E-state index is 4.31. The lowest BCUT2D eigenvalue weighted by Gasteiger charge is -2.16. The van der Waals surface area contributed by atoms with E-state index in [9.17, 15) is 0 Å². The molecule has 0 aromatic carbocycles. The van der Waals surface area contributed by atoms with Crippen LogP contribution < -0.4 is 15.9 Å². The van der Waals surface area contributed by atoms with Gasteiger partial charge in [0.05, 0.1) is 11.0 Å². The summed E-state index contributed by atoms with van der Waals surface area (Å²) in [6, 6.07) is 0.582. The van der Waals surface area contributed by atoms with Gasteiger partial charge >= 0.3 is 0 Å². The molecule has 0 saturated heterocycles. The Morgan fingerprint density at radius 2 is 2.29 bits per heavy atom. The Morgan fingerprint density at radius 3 is 3.06 bits per heavy atom. The van der Waals surface area contributed by atoms with Crippen molar-refractivity contribution in [1.82, 2.24) is 15.5 Å². The molecule has 3 heteroatoms. The average molecular weight is 229 g/mol. The Bertz CT molecular complexity index is 561. The summed E-state index contributed by atoms with van der Waals surface area (Å²) in [5, 5.41) is 13.5. The van der Waals surface area contributed by atoms with Crippen molar-refractivity contribution in [3.63, 3.8) is 0 Å². The third kappa shape index (κ3) is 2.02. The van der Waals surface area contributed by atoms with E-state index in [-0.39, 0.29) is 0 Å². The van der Waals surface area contributed by atoms with Crippen molar-refractivity contribution in [3.8, 4) is 0 Å². The average Bonchev–Trinajstić information content (AvgIpc) is 3.09. The van der Waals surface area contributed by atoms with Gasteiger partial charge in [-0.2, -0.15) is 5.10 Å². The second kappa shape index (κ2) is 4.06. The minimum Gasteiger partial charge on any atom is -0.385 e. The minimum atomic E-state index is 0.582. The number of hydrogen-bond donors (Lipinski definition) is 2. The fourth-order valence-corrected chi connectivity index (χ4v) is 2.52. The van der Waals surface area contributed by atoms with Gasteiger partial charge in [-0.3, -0.25) is 5.10 Å². The molecular formula is C14H19N3. The van der Waals surface area contributed by atoms with Gasteiger partial charge in [-0.15, -0.1) is 0 Å². The van der Waals surface area contributed by atoms with Crippen molar-refractivity contribution in [3.05, 3.63) is 28.4 Å². The summed E-state index contributed by atoms with van der Waals surface area (Å²) in [6.45, 7) is 4.36. The first kappa shape index (κ1) is 10.6. The molecule has 1 heterocycles. The van der Waals surface area contributed by atoms with E-state index in [4.69, 9.17) is 0 Å². The molecule has 3 rings (SSSR count). The number of aryl methyl sites for hydroxylation is 1. The van der Waals surface area contributed by atoms with Crippen LogP contribution in [0.4, 0.5) is 0 Å². The second-order valence-electron chi connectivity index (χ2n) is 5.15. The van der Waals surface area contributed by atoms with E-state index in [1.54, 1.807) is 0 Å². The second-order valence-corrected chi connectivity index (χ2v) is 5.15. The minimum absolute atomic E-state index is 0.582. The molecule has 0 bridgehead atoms.